The smallest absolute Gasteiger partial charge is 0.130 e. The van der Waals surface area contributed by atoms with Crippen molar-refractivity contribution in [1.29, 1.82) is 0 Å². The molecule has 1 saturated heterocycles. The van der Waals surface area contributed by atoms with Crippen molar-refractivity contribution in [3.63, 3.8) is 0 Å². The van der Waals surface area contributed by atoms with E-state index in [1.807, 2.05) is 6.20 Å². The van der Waals surface area contributed by atoms with E-state index >= 15 is 0 Å². The van der Waals surface area contributed by atoms with E-state index in [4.69, 9.17) is 0 Å². The Balaban J connectivity index is 2.22. The summed E-state index contributed by atoms with van der Waals surface area (Å²) < 4.78 is 0. The van der Waals surface area contributed by atoms with E-state index in [0.717, 1.165) is 18.8 Å². The topological polar surface area (TPSA) is 28.2 Å². The standard InChI is InChI=1S/C16H27N3/c1-4-10-17-16-14(8-7-11-18-16)15-9-5-6-12-19(15)13(2)3/h7-8,11,13,15H,4-6,9-10,12H2,1-3H3,(H,17,18). The van der Waals surface area contributed by atoms with Crippen molar-refractivity contribution in [3.05, 3.63) is 23.9 Å². The Morgan fingerprint density at radius 1 is 1.42 bits per heavy atom. The molecule has 0 amide bonds. The maximum atomic E-state index is 4.55. The van der Waals surface area contributed by atoms with Crippen LogP contribution in [0.3, 0.4) is 0 Å². The lowest BCUT2D eigenvalue weighted by atomic mass is 9.94. The average molecular weight is 261 g/mol. The first-order valence-corrected chi connectivity index (χ1v) is 7.68. The highest BCUT2D eigenvalue weighted by Crippen LogP contribution is 2.35. The summed E-state index contributed by atoms with van der Waals surface area (Å²) in [5.41, 5.74) is 1.38. The molecule has 0 saturated carbocycles. The van der Waals surface area contributed by atoms with Crippen molar-refractivity contribution in [2.75, 3.05) is 18.4 Å². The van der Waals surface area contributed by atoms with Gasteiger partial charge in [-0.1, -0.05) is 19.4 Å². The van der Waals surface area contributed by atoms with E-state index in [-0.39, 0.29) is 0 Å². The van der Waals surface area contributed by atoms with Crippen LogP contribution in [0.25, 0.3) is 0 Å². The molecular weight excluding hydrogens is 234 g/mol. The van der Waals surface area contributed by atoms with Crippen LogP contribution in [0.4, 0.5) is 5.82 Å². The maximum absolute atomic E-state index is 4.55. The molecule has 2 heterocycles. The highest BCUT2D eigenvalue weighted by Gasteiger charge is 2.27. The first-order valence-electron chi connectivity index (χ1n) is 7.68. The Bertz CT molecular complexity index is 389. The van der Waals surface area contributed by atoms with E-state index in [0.29, 0.717) is 12.1 Å². The van der Waals surface area contributed by atoms with Gasteiger partial charge in [0.25, 0.3) is 0 Å². The van der Waals surface area contributed by atoms with Gasteiger partial charge >= 0.3 is 0 Å². The van der Waals surface area contributed by atoms with Crippen molar-refractivity contribution in [3.8, 4) is 0 Å². The number of piperidine rings is 1. The van der Waals surface area contributed by atoms with Crippen molar-refractivity contribution < 1.29 is 0 Å². The fraction of sp³-hybridized carbons (Fsp3) is 0.688. The third-order valence-corrected chi connectivity index (χ3v) is 3.95. The van der Waals surface area contributed by atoms with Gasteiger partial charge < -0.3 is 5.32 Å². The van der Waals surface area contributed by atoms with E-state index < -0.39 is 0 Å². The minimum atomic E-state index is 0.529. The van der Waals surface area contributed by atoms with Gasteiger partial charge in [0.05, 0.1) is 0 Å². The van der Waals surface area contributed by atoms with E-state index in [1.165, 1.54) is 31.4 Å². The van der Waals surface area contributed by atoms with Gasteiger partial charge in [-0.3, -0.25) is 4.90 Å². The Labute approximate surface area is 117 Å². The summed E-state index contributed by atoms with van der Waals surface area (Å²) in [6.45, 7) is 9.00. The van der Waals surface area contributed by atoms with Crippen LogP contribution in [0.2, 0.25) is 0 Å². The molecule has 106 valence electrons. The number of hydrogen-bond acceptors (Lipinski definition) is 3. The number of anilines is 1. The quantitative estimate of drug-likeness (QED) is 0.873. The Morgan fingerprint density at radius 3 is 3.00 bits per heavy atom. The van der Waals surface area contributed by atoms with Gasteiger partial charge in [-0.15, -0.1) is 0 Å². The number of nitrogens with one attached hydrogen (secondary N) is 1. The van der Waals surface area contributed by atoms with Crippen LogP contribution >= 0.6 is 0 Å². The van der Waals surface area contributed by atoms with Crippen LogP contribution in [-0.2, 0) is 0 Å². The normalized spacial score (nSPS) is 20.7. The zero-order chi connectivity index (χ0) is 13.7. The van der Waals surface area contributed by atoms with E-state index in [2.05, 4.69) is 48.1 Å². The molecule has 1 unspecified atom stereocenters. The minimum absolute atomic E-state index is 0.529. The van der Waals surface area contributed by atoms with E-state index in [1.54, 1.807) is 0 Å². The SMILES string of the molecule is CCCNc1ncccc1C1CCCCN1C(C)C. The summed E-state index contributed by atoms with van der Waals surface area (Å²) in [4.78, 5) is 7.17. The molecule has 1 aliphatic rings. The maximum Gasteiger partial charge on any atom is 0.130 e. The molecule has 1 aromatic heterocycles. The third kappa shape index (κ3) is 3.47. The largest absolute Gasteiger partial charge is 0.370 e. The molecule has 0 aliphatic carbocycles. The fourth-order valence-corrected chi connectivity index (χ4v) is 2.98. The van der Waals surface area contributed by atoms with Crippen molar-refractivity contribution in [2.45, 2.75) is 58.5 Å². The van der Waals surface area contributed by atoms with Crippen molar-refractivity contribution in [2.24, 2.45) is 0 Å². The molecule has 0 radical (unpaired) electrons. The fourth-order valence-electron chi connectivity index (χ4n) is 2.98. The first kappa shape index (κ1) is 14.3. The number of hydrogen-bond donors (Lipinski definition) is 1. The molecule has 0 bridgehead atoms. The number of likely N-dealkylation sites (tertiary alicyclic amines) is 1. The van der Waals surface area contributed by atoms with Crippen LogP contribution in [-0.4, -0.2) is 29.0 Å². The molecule has 3 nitrogen and oxygen atoms in total. The molecule has 1 aromatic rings. The number of aromatic nitrogens is 1. The second kappa shape index (κ2) is 6.90. The summed E-state index contributed by atoms with van der Waals surface area (Å²) in [5, 5.41) is 3.48. The highest BCUT2D eigenvalue weighted by atomic mass is 15.2. The lowest BCUT2D eigenvalue weighted by Gasteiger charge is -2.39. The van der Waals surface area contributed by atoms with E-state index in [9.17, 15) is 0 Å². The Morgan fingerprint density at radius 2 is 2.26 bits per heavy atom. The van der Waals surface area contributed by atoms with Crippen LogP contribution in [0.5, 0.6) is 0 Å². The third-order valence-electron chi connectivity index (χ3n) is 3.95. The van der Waals surface area contributed by atoms with Gasteiger partial charge in [0.1, 0.15) is 5.82 Å². The summed E-state index contributed by atoms with van der Waals surface area (Å²) in [6.07, 6.45) is 6.94. The van der Waals surface area contributed by atoms with Crippen LogP contribution < -0.4 is 5.32 Å². The summed E-state index contributed by atoms with van der Waals surface area (Å²) in [7, 11) is 0. The van der Waals surface area contributed by atoms with Gasteiger partial charge in [-0.2, -0.15) is 0 Å². The van der Waals surface area contributed by atoms with Gasteiger partial charge in [-0.05, 0) is 45.7 Å². The van der Waals surface area contributed by atoms with Crippen molar-refractivity contribution >= 4 is 5.82 Å². The van der Waals surface area contributed by atoms with Crippen LogP contribution in [0, 0.1) is 0 Å². The Kier molecular flexibility index (Phi) is 5.20. The molecule has 3 heteroatoms. The summed E-state index contributed by atoms with van der Waals surface area (Å²) >= 11 is 0. The molecule has 0 spiro atoms. The predicted octanol–water partition coefficient (Wildman–Crippen LogP) is 3.84. The van der Waals surface area contributed by atoms with Gasteiger partial charge in [0.2, 0.25) is 0 Å². The zero-order valence-corrected chi connectivity index (χ0v) is 12.5. The molecule has 1 N–H and O–H groups in total. The minimum Gasteiger partial charge on any atom is -0.370 e. The van der Waals surface area contributed by atoms with Gasteiger partial charge in [-0.25, -0.2) is 4.98 Å². The number of pyridine rings is 1. The average Bonchev–Trinajstić information content (AvgIpc) is 2.45. The van der Waals surface area contributed by atoms with Crippen LogP contribution in [0.1, 0.15) is 58.1 Å². The lowest BCUT2D eigenvalue weighted by molar-refractivity contribution is 0.112. The number of rotatable bonds is 5. The molecule has 1 fully saturated rings. The Hall–Kier alpha value is -1.09. The van der Waals surface area contributed by atoms with Crippen LogP contribution in [0.15, 0.2) is 18.3 Å². The molecular formula is C16H27N3. The second-order valence-corrected chi connectivity index (χ2v) is 5.71. The van der Waals surface area contributed by atoms with Gasteiger partial charge in [0.15, 0.2) is 0 Å². The predicted molar refractivity (Wildman–Crippen MR) is 81.5 cm³/mol. The molecule has 19 heavy (non-hydrogen) atoms. The molecule has 2 rings (SSSR count). The first-order chi connectivity index (χ1) is 9.24. The molecule has 0 aromatic carbocycles. The molecule has 1 atom stereocenters. The lowest BCUT2D eigenvalue weighted by Crippen LogP contribution is -2.38. The summed E-state index contributed by atoms with van der Waals surface area (Å²) in [5.74, 6) is 1.09. The van der Waals surface area contributed by atoms with Gasteiger partial charge in [0, 0.05) is 30.4 Å². The highest BCUT2D eigenvalue weighted by molar-refractivity contribution is 5.45. The molecule has 1 aliphatic heterocycles. The zero-order valence-electron chi connectivity index (χ0n) is 12.5. The van der Waals surface area contributed by atoms with Crippen molar-refractivity contribution in [1.82, 2.24) is 9.88 Å². The summed E-state index contributed by atoms with van der Waals surface area (Å²) in [6, 6.07) is 5.45. The second-order valence-electron chi connectivity index (χ2n) is 5.71. The monoisotopic (exact) mass is 261 g/mol. The number of nitrogens with zero attached hydrogens (tertiary/aromatic N) is 2.